The van der Waals surface area contributed by atoms with Crippen molar-refractivity contribution in [2.45, 2.75) is 45.4 Å². The zero-order valence-electron chi connectivity index (χ0n) is 18.7. The molecule has 2 N–H and O–H groups in total. The lowest BCUT2D eigenvalue weighted by Gasteiger charge is -2.41. The number of nitrogens with zero attached hydrogens (tertiary/aromatic N) is 4. The number of fused-ring (bicyclic) bond motifs is 1. The third-order valence-corrected chi connectivity index (χ3v) is 7.02. The van der Waals surface area contributed by atoms with Gasteiger partial charge in [-0.05, 0) is 54.5 Å². The van der Waals surface area contributed by atoms with Gasteiger partial charge in [-0.15, -0.1) is 5.10 Å². The molecule has 4 rings (SSSR count). The summed E-state index contributed by atoms with van der Waals surface area (Å²) in [5.74, 6) is -0.825. The zero-order chi connectivity index (χ0) is 23.1. The molecule has 2 heterocycles. The van der Waals surface area contributed by atoms with Gasteiger partial charge in [-0.3, -0.25) is 0 Å². The first-order valence-corrected chi connectivity index (χ1v) is 10.8. The van der Waals surface area contributed by atoms with Crippen molar-refractivity contribution in [2.75, 3.05) is 18.5 Å². The Labute approximate surface area is 186 Å². The monoisotopic (exact) mass is 439 g/mol. The highest BCUT2D eigenvalue weighted by molar-refractivity contribution is 5.63. The number of hydrogen-bond acceptors (Lipinski definition) is 6. The van der Waals surface area contributed by atoms with E-state index in [4.69, 9.17) is 10.1 Å². The highest BCUT2D eigenvalue weighted by Crippen LogP contribution is 2.61. The summed E-state index contributed by atoms with van der Waals surface area (Å²) in [7, 11) is 0. The van der Waals surface area contributed by atoms with Crippen molar-refractivity contribution >= 4 is 5.95 Å². The third-order valence-electron chi connectivity index (χ3n) is 7.02. The highest BCUT2D eigenvalue weighted by Gasteiger charge is 2.57. The Hall–Kier alpha value is -3.00. The van der Waals surface area contributed by atoms with Gasteiger partial charge in [0.05, 0.1) is 34.7 Å². The summed E-state index contributed by atoms with van der Waals surface area (Å²) in [6.07, 6.45) is 2.50. The van der Waals surface area contributed by atoms with E-state index in [0.717, 1.165) is 23.4 Å². The van der Waals surface area contributed by atoms with Crippen molar-refractivity contribution in [1.82, 2.24) is 20.2 Å². The van der Waals surface area contributed by atoms with Crippen LogP contribution in [0.4, 0.5) is 14.7 Å². The number of hydrogen-bond donors (Lipinski definition) is 2. The van der Waals surface area contributed by atoms with Crippen molar-refractivity contribution in [3.8, 4) is 11.3 Å². The molecule has 0 spiro atoms. The largest absolute Gasteiger partial charge is 0.395 e. The van der Waals surface area contributed by atoms with Gasteiger partial charge in [0.2, 0.25) is 5.95 Å². The molecule has 0 saturated carbocycles. The van der Waals surface area contributed by atoms with Crippen molar-refractivity contribution in [2.24, 2.45) is 5.41 Å². The van der Waals surface area contributed by atoms with Crippen LogP contribution in [-0.2, 0) is 5.41 Å². The second kappa shape index (κ2) is 8.16. The fraction of sp³-hybridized carbons (Fsp3) is 0.417. The molecule has 1 aromatic carbocycles. The minimum Gasteiger partial charge on any atom is -0.395 e. The van der Waals surface area contributed by atoms with Crippen LogP contribution in [0.5, 0.6) is 0 Å². The maximum absolute atomic E-state index is 14.4. The van der Waals surface area contributed by atoms with Gasteiger partial charge in [0.15, 0.2) is 0 Å². The van der Waals surface area contributed by atoms with E-state index in [0.29, 0.717) is 12.5 Å². The normalized spacial score (nSPS) is 21.4. The molecule has 2 atom stereocenters. The molecule has 6 nitrogen and oxygen atoms in total. The number of aromatic nitrogens is 4. The van der Waals surface area contributed by atoms with Crippen LogP contribution in [0, 0.1) is 17.0 Å². The van der Waals surface area contributed by atoms with Crippen LogP contribution in [0.25, 0.3) is 11.3 Å². The van der Waals surface area contributed by atoms with E-state index in [9.17, 15) is 8.78 Å². The Morgan fingerprint density at radius 2 is 1.81 bits per heavy atom. The molecule has 1 aliphatic carbocycles. The van der Waals surface area contributed by atoms with Crippen molar-refractivity contribution in [3.05, 3.63) is 65.1 Å². The number of aliphatic hydroxyl groups is 1. The second-order valence-corrected chi connectivity index (χ2v) is 8.85. The van der Waals surface area contributed by atoms with E-state index in [-0.39, 0.29) is 29.2 Å². The molecular weight excluding hydrogens is 412 g/mol. The van der Waals surface area contributed by atoms with E-state index in [2.05, 4.69) is 48.2 Å². The topological polar surface area (TPSA) is 83.8 Å². The van der Waals surface area contributed by atoms with Crippen LogP contribution in [0.1, 0.15) is 57.0 Å². The number of rotatable bonds is 6. The number of benzene rings is 1. The van der Waals surface area contributed by atoms with Crippen LogP contribution in [0.3, 0.4) is 0 Å². The molecule has 0 saturated heterocycles. The van der Waals surface area contributed by atoms with E-state index < -0.39 is 17.0 Å². The molecule has 0 radical (unpaired) electrons. The van der Waals surface area contributed by atoms with E-state index >= 15 is 0 Å². The molecule has 0 bridgehead atoms. The molecule has 0 fully saturated rings. The molecule has 32 heavy (non-hydrogen) atoms. The maximum Gasteiger partial charge on any atom is 0.222 e. The van der Waals surface area contributed by atoms with Crippen molar-refractivity contribution in [3.63, 3.8) is 0 Å². The SMILES string of the molecule is CC[C@H]1c2cc(-c3c(F)cccc3F)nnc2[C@](C)(c2ccnc(NCCO)n2)C1(C)C. The molecule has 2 aromatic heterocycles. The lowest BCUT2D eigenvalue weighted by atomic mass is 9.62. The Balaban J connectivity index is 1.89. The average Bonchev–Trinajstić information content (AvgIpc) is 2.94. The zero-order valence-corrected chi connectivity index (χ0v) is 18.7. The van der Waals surface area contributed by atoms with Crippen LogP contribution in [0.2, 0.25) is 0 Å². The quantitative estimate of drug-likeness (QED) is 0.590. The fourth-order valence-electron chi connectivity index (χ4n) is 5.04. The standard InChI is InChI=1S/C24H27F2N5O/c1-5-15-14-13-18(20-16(25)7-6-8-17(20)26)30-31-21(14)24(4,23(15,2)3)19-9-10-27-22(29-19)28-11-12-32/h6-10,13,15,32H,5,11-12H2,1-4H3,(H,27,28,29)/t15-,24-/m0/s1. The smallest absolute Gasteiger partial charge is 0.222 e. The number of nitrogens with one attached hydrogen (secondary N) is 1. The van der Waals surface area contributed by atoms with Gasteiger partial charge in [-0.1, -0.05) is 26.8 Å². The Bertz CT molecular complexity index is 1130. The van der Waals surface area contributed by atoms with Crippen molar-refractivity contribution in [1.29, 1.82) is 0 Å². The lowest BCUT2D eigenvalue weighted by molar-refractivity contribution is 0.189. The molecular formula is C24H27F2N5O. The summed E-state index contributed by atoms with van der Waals surface area (Å²) < 4.78 is 28.9. The molecule has 0 unspecified atom stereocenters. The fourth-order valence-corrected chi connectivity index (χ4v) is 5.04. The predicted octanol–water partition coefficient (Wildman–Crippen LogP) is 4.46. The molecule has 1 aliphatic rings. The third kappa shape index (κ3) is 3.24. The molecule has 0 aliphatic heterocycles. The summed E-state index contributed by atoms with van der Waals surface area (Å²) in [4.78, 5) is 8.96. The van der Waals surface area contributed by atoms with E-state index in [1.54, 1.807) is 12.3 Å². The van der Waals surface area contributed by atoms with Crippen molar-refractivity contribution < 1.29 is 13.9 Å². The molecule has 168 valence electrons. The summed E-state index contributed by atoms with van der Waals surface area (Å²) in [6, 6.07) is 7.42. The minimum atomic E-state index is -0.664. The van der Waals surface area contributed by atoms with Gasteiger partial charge < -0.3 is 10.4 Å². The molecule has 3 aromatic rings. The second-order valence-electron chi connectivity index (χ2n) is 8.85. The minimum absolute atomic E-state index is 0.0298. The van der Waals surface area contributed by atoms with Crippen LogP contribution in [-0.4, -0.2) is 38.4 Å². The van der Waals surface area contributed by atoms with Crippen LogP contribution >= 0.6 is 0 Å². The van der Waals surface area contributed by atoms with Crippen LogP contribution < -0.4 is 5.32 Å². The summed E-state index contributed by atoms with van der Waals surface area (Å²) in [6.45, 7) is 8.81. The number of anilines is 1. The van der Waals surface area contributed by atoms with Gasteiger partial charge in [-0.25, -0.2) is 18.7 Å². The highest BCUT2D eigenvalue weighted by atomic mass is 19.1. The first kappa shape index (κ1) is 22.2. The Kier molecular flexibility index (Phi) is 5.67. The van der Waals surface area contributed by atoms with Gasteiger partial charge in [-0.2, -0.15) is 5.10 Å². The number of halogens is 2. The van der Waals surface area contributed by atoms with Crippen LogP contribution in [0.15, 0.2) is 36.5 Å². The van der Waals surface area contributed by atoms with Gasteiger partial charge >= 0.3 is 0 Å². The first-order valence-electron chi connectivity index (χ1n) is 10.8. The van der Waals surface area contributed by atoms with E-state index in [1.807, 2.05) is 6.07 Å². The summed E-state index contributed by atoms with van der Waals surface area (Å²) in [5, 5.41) is 20.9. The van der Waals surface area contributed by atoms with E-state index in [1.165, 1.54) is 18.2 Å². The molecule has 8 heteroatoms. The average molecular weight is 440 g/mol. The predicted molar refractivity (Wildman–Crippen MR) is 118 cm³/mol. The Morgan fingerprint density at radius 1 is 1.09 bits per heavy atom. The first-order chi connectivity index (χ1) is 15.3. The Morgan fingerprint density at radius 3 is 2.47 bits per heavy atom. The van der Waals surface area contributed by atoms with Gasteiger partial charge in [0.1, 0.15) is 11.6 Å². The van der Waals surface area contributed by atoms with Gasteiger partial charge in [0, 0.05) is 12.7 Å². The van der Waals surface area contributed by atoms with Gasteiger partial charge in [0.25, 0.3) is 0 Å². The lowest BCUT2D eigenvalue weighted by Crippen LogP contribution is -2.40. The molecule has 0 amide bonds. The maximum atomic E-state index is 14.4. The number of aliphatic hydroxyl groups excluding tert-OH is 1. The summed E-state index contributed by atoms with van der Waals surface area (Å²) >= 11 is 0. The summed E-state index contributed by atoms with van der Waals surface area (Å²) in [5.41, 5.74) is 1.55.